The van der Waals surface area contributed by atoms with Crippen LogP contribution in [0.1, 0.15) is 11.3 Å². The Labute approximate surface area is 200 Å². The molecule has 0 unspecified atom stereocenters. The second kappa shape index (κ2) is 9.74. The average molecular weight is 497 g/mol. The minimum atomic E-state index is -5.04. The van der Waals surface area contributed by atoms with Gasteiger partial charge in [-0.05, 0) is 48.0 Å². The van der Waals surface area contributed by atoms with Crippen LogP contribution < -0.4 is 14.9 Å². The van der Waals surface area contributed by atoms with E-state index in [2.05, 4.69) is 0 Å². The number of carbonyl (C=O) groups excluding carboxylic acids is 1. The first-order chi connectivity index (χ1) is 17.1. The molecule has 4 rings (SSSR count). The van der Waals surface area contributed by atoms with E-state index in [0.29, 0.717) is 5.56 Å². The highest BCUT2D eigenvalue weighted by Gasteiger charge is 2.40. The van der Waals surface area contributed by atoms with E-state index < -0.39 is 39.6 Å². The number of benzene rings is 3. The standard InChI is InChI=1S/C25H14F3NO7/c26-25(27,28)24-23(35-17-4-2-1-3-5-17)22(31)19-12-11-18(14-20(19)36-24)34-21(30)13-8-15-6-9-16(10-7-15)29(32)33/h1-14H/b13-8+. The fourth-order valence-corrected chi connectivity index (χ4v) is 3.13. The van der Waals surface area contributed by atoms with Crippen molar-refractivity contribution in [1.29, 1.82) is 0 Å². The number of rotatable bonds is 6. The van der Waals surface area contributed by atoms with Gasteiger partial charge in [-0.2, -0.15) is 13.2 Å². The molecule has 36 heavy (non-hydrogen) atoms. The van der Waals surface area contributed by atoms with Crippen LogP contribution in [0.5, 0.6) is 17.2 Å². The van der Waals surface area contributed by atoms with Gasteiger partial charge in [0.25, 0.3) is 11.4 Å². The molecule has 1 aromatic heterocycles. The SMILES string of the molecule is O=C(/C=C/c1ccc([N+](=O)[O-])cc1)Oc1ccc2c(=O)c(Oc3ccccc3)c(C(F)(F)F)oc2c1. The number of halogens is 3. The van der Waals surface area contributed by atoms with Crippen molar-refractivity contribution in [2.45, 2.75) is 6.18 Å². The molecule has 0 spiro atoms. The van der Waals surface area contributed by atoms with Crippen molar-refractivity contribution in [3.8, 4) is 17.2 Å². The first-order valence-corrected chi connectivity index (χ1v) is 10.2. The summed E-state index contributed by atoms with van der Waals surface area (Å²) in [7, 11) is 0. The van der Waals surface area contributed by atoms with E-state index in [9.17, 15) is 32.9 Å². The maximum Gasteiger partial charge on any atom is 0.453 e. The smallest absolute Gasteiger partial charge is 0.449 e. The molecule has 0 atom stereocenters. The molecule has 0 aliphatic heterocycles. The quantitative estimate of drug-likeness (QED) is 0.104. The molecule has 182 valence electrons. The lowest BCUT2D eigenvalue weighted by atomic mass is 10.2. The molecule has 4 aromatic rings. The molecule has 0 bridgehead atoms. The van der Waals surface area contributed by atoms with E-state index in [4.69, 9.17) is 13.9 Å². The van der Waals surface area contributed by atoms with Crippen molar-refractivity contribution >= 4 is 28.7 Å². The van der Waals surface area contributed by atoms with Crippen molar-refractivity contribution < 1.29 is 36.8 Å². The molecule has 0 radical (unpaired) electrons. The average Bonchev–Trinajstić information content (AvgIpc) is 2.84. The van der Waals surface area contributed by atoms with Gasteiger partial charge in [0.05, 0.1) is 10.3 Å². The Hall–Kier alpha value is -4.93. The second-order valence-electron chi connectivity index (χ2n) is 7.26. The zero-order valence-electron chi connectivity index (χ0n) is 18.0. The van der Waals surface area contributed by atoms with E-state index in [1.165, 1.54) is 60.7 Å². The van der Waals surface area contributed by atoms with Gasteiger partial charge in [-0.25, -0.2) is 4.79 Å². The molecule has 0 amide bonds. The van der Waals surface area contributed by atoms with Crippen LogP contribution in [0.15, 0.2) is 88.1 Å². The van der Waals surface area contributed by atoms with Gasteiger partial charge >= 0.3 is 12.1 Å². The summed E-state index contributed by atoms with van der Waals surface area (Å²) in [6.07, 6.45) is -2.68. The Morgan fingerprint density at radius 3 is 2.31 bits per heavy atom. The van der Waals surface area contributed by atoms with Gasteiger partial charge in [-0.15, -0.1) is 0 Å². The summed E-state index contributed by atoms with van der Waals surface area (Å²) < 4.78 is 56.2. The molecular weight excluding hydrogens is 483 g/mol. The van der Waals surface area contributed by atoms with Crippen molar-refractivity contribution in [1.82, 2.24) is 0 Å². The zero-order valence-corrected chi connectivity index (χ0v) is 18.0. The predicted molar refractivity (Wildman–Crippen MR) is 122 cm³/mol. The number of hydrogen-bond donors (Lipinski definition) is 0. The molecular formula is C25H14F3NO7. The summed E-state index contributed by atoms with van der Waals surface area (Å²) in [6, 6.07) is 16.2. The van der Waals surface area contributed by atoms with E-state index in [1.807, 2.05) is 0 Å². The third-order valence-electron chi connectivity index (χ3n) is 4.78. The number of carbonyl (C=O) groups is 1. The number of non-ortho nitro benzene ring substituents is 1. The second-order valence-corrected chi connectivity index (χ2v) is 7.26. The summed E-state index contributed by atoms with van der Waals surface area (Å²) in [5.41, 5.74) is -1.16. The molecule has 11 heteroatoms. The molecule has 0 aliphatic carbocycles. The summed E-state index contributed by atoms with van der Waals surface area (Å²) in [5.74, 6) is -3.69. The van der Waals surface area contributed by atoms with Crippen molar-refractivity contribution in [3.05, 3.63) is 111 Å². The first-order valence-electron chi connectivity index (χ1n) is 10.2. The number of esters is 1. The van der Waals surface area contributed by atoms with Gasteiger partial charge in [0.15, 0.2) is 0 Å². The highest BCUT2D eigenvalue weighted by molar-refractivity contribution is 5.89. The number of hydrogen-bond acceptors (Lipinski definition) is 7. The topological polar surface area (TPSA) is 109 Å². The molecule has 0 saturated carbocycles. The van der Waals surface area contributed by atoms with Crippen LogP contribution in [-0.4, -0.2) is 10.9 Å². The van der Waals surface area contributed by atoms with Crippen LogP contribution in [0.4, 0.5) is 18.9 Å². The highest BCUT2D eigenvalue weighted by atomic mass is 19.4. The number of alkyl halides is 3. The van der Waals surface area contributed by atoms with E-state index in [1.54, 1.807) is 6.07 Å². The minimum absolute atomic E-state index is 0.0139. The Bertz CT molecular complexity index is 1530. The molecule has 0 saturated heterocycles. The van der Waals surface area contributed by atoms with Crippen LogP contribution in [-0.2, 0) is 11.0 Å². The van der Waals surface area contributed by atoms with Crippen molar-refractivity contribution in [3.63, 3.8) is 0 Å². The normalized spacial score (nSPS) is 11.5. The Morgan fingerprint density at radius 2 is 1.67 bits per heavy atom. The number of nitro groups is 1. The maximum atomic E-state index is 13.7. The predicted octanol–water partition coefficient (Wildman–Crippen LogP) is 6.13. The maximum absolute atomic E-state index is 13.7. The van der Waals surface area contributed by atoms with Crippen LogP contribution in [0.2, 0.25) is 0 Å². The van der Waals surface area contributed by atoms with Crippen LogP contribution in [0.25, 0.3) is 17.0 Å². The number of nitrogens with zero attached hydrogens (tertiary/aromatic N) is 1. The number of nitro benzene ring substituents is 1. The lowest BCUT2D eigenvalue weighted by molar-refractivity contribution is -0.384. The lowest BCUT2D eigenvalue weighted by Crippen LogP contribution is -2.15. The lowest BCUT2D eigenvalue weighted by Gasteiger charge is -2.13. The summed E-state index contributed by atoms with van der Waals surface area (Å²) in [4.78, 5) is 35.1. The summed E-state index contributed by atoms with van der Waals surface area (Å²) >= 11 is 0. The fourth-order valence-electron chi connectivity index (χ4n) is 3.13. The fraction of sp³-hybridized carbons (Fsp3) is 0.0400. The van der Waals surface area contributed by atoms with Gasteiger partial charge in [-0.1, -0.05) is 18.2 Å². The first kappa shape index (κ1) is 24.2. The van der Waals surface area contributed by atoms with E-state index >= 15 is 0 Å². The minimum Gasteiger partial charge on any atom is -0.449 e. The Balaban J connectivity index is 1.61. The molecule has 3 aromatic carbocycles. The van der Waals surface area contributed by atoms with Gasteiger partial charge in [-0.3, -0.25) is 14.9 Å². The van der Waals surface area contributed by atoms with Crippen LogP contribution in [0.3, 0.4) is 0 Å². The summed E-state index contributed by atoms with van der Waals surface area (Å²) in [5, 5.41) is 10.5. The Morgan fingerprint density at radius 1 is 0.972 bits per heavy atom. The number of ether oxygens (including phenoxy) is 2. The largest absolute Gasteiger partial charge is 0.453 e. The Kier molecular flexibility index (Phi) is 6.55. The third-order valence-corrected chi connectivity index (χ3v) is 4.78. The third kappa shape index (κ3) is 5.41. The molecule has 0 aliphatic rings. The van der Waals surface area contributed by atoms with Crippen molar-refractivity contribution in [2.75, 3.05) is 0 Å². The summed E-state index contributed by atoms with van der Waals surface area (Å²) in [6.45, 7) is 0. The number of para-hydroxylation sites is 1. The molecule has 0 N–H and O–H groups in total. The van der Waals surface area contributed by atoms with Gasteiger partial charge in [0.2, 0.25) is 11.2 Å². The monoisotopic (exact) mass is 497 g/mol. The molecule has 0 fully saturated rings. The highest BCUT2D eigenvalue weighted by Crippen LogP contribution is 2.38. The molecule has 8 nitrogen and oxygen atoms in total. The van der Waals surface area contributed by atoms with Crippen LogP contribution >= 0.6 is 0 Å². The van der Waals surface area contributed by atoms with Gasteiger partial charge in [0, 0.05) is 24.3 Å². The van der Waals surface area contributed by atoms with E-state index in [-0.39, 0.29) is 22.6 Å². The molecule has 1 heterocycles. The number of fused-ring (bicyclic) bond motifs is 1. The van der Waals surface area contributed by atoms with Crippen molar-refractivity contribution in [2.24, 2.45) is 0 Å². The van der Waals surface area contributed by atoms with Crippen LogP contribution in [0, 0.1) is 10.1 Å². The van der Waals surface area contributed by atoms with Gasteiger partial charge in [0.1, 0.15) is 17.1 Å². The van der Waals surface area contributed by atoms with E-state index in [0.717, 1.165) is 18.2 Å². The van der Waals surface area contributed by atoms with Gasteiger partial charge < -0.3 is 13.9 Å². The zero-order chi connectivity index (χ0) is 25.9.